The Kier molecular flexibility index (Phi) is 4.89. The number of Topliss-reactive ketones (excluding diaryl/α,β-unsaturated/α-hetero) is 1. The van der Waals surface area contributed by atoms with E-state index in [4.69, 9.17) is 0 Å². The van der Waals surface area contributed by atoms with Crippen LogP contribution in [0.15, 0.2) is 18.2 Å². The SMILES string of the molecule is CC(Br)C(=O)c1cccc(OC(F)F)c1C(F)(F)F. The van der Waals surface area contributed by atoms with Crippen LogP contribution >= 0.6 is 15.9 Å². The zero-order valence-corrected chi connectivity index (χ0v) is 11.1. The first-order chi connectivity index (χ1) is 8.64. The first-order valence-electron chi connectivity index (χ1n) is 4.98. The number of benzene rings is 1. The molecule has 0 fully saturated rings. The highest BCUT2D eigenvalue weighted by Gasteiger charge is 2.39. The van der Waals surface area contributed by atoms with Gasteiger partial charge >= 0.3 is 12.8 Å². The standard InChI is InChI=1S/C11H8BrF5O2/c1-5(12)9(18)6-3-2-4-7(19-10(13)14)8(6)11(15,16)17/h2-5,10H,1H3. The molecule has 0 heterocycles. The predicted molar refractivity (Wildman–Crippen MR) is 60.8 cm³/mol. The van der Waals surface area contributed by atoms with Crippen LogP contribution in [-0.2, 0) is 6.18 Å². The lowest BCUT2D eigenvalue weighted by atomic mass is 10.0. The third-order valence-corrected chi connectivity index (χ3v) is 2.57. The largest absolute Gasteiger partial charge is 0.434 e. The van der Waals surface area contributed by atoms with Crippen LogP contribution in [0, 0.1) is 0 Å². The van der Waals surface area contributed by atoms with Crippen LogP contribution < -0.4 is 4.74 Å². The van der Waals surface area contributed by atoms with Crippen LogP contribution in [0.3, 0.4) is 0 Å². The van der Waals surface area contributed by atoms with Crippen LogP contribution in [0.25, 0.3) is 0 Å². The average molecular weight is 347 g/mol. The van der Waals surface area contributed by atoms with Crippen molar-refractivity contribution in [3.8, 4) is 5.75 Å². The van der Waals surface area contributed by atoms with Crippen molar-refractivity contribution in [2.24, 2.45) is 0 Å². The number of alkyl halides is 6. The minimum Gasteiger partial charge on any atom is -0.434 e. The molecule has 0 bridgehead atoms. The number of halogens is 6. The summed E-state index contributed by atoms with van der Waals surface area (Å²) in [4.78, 5) is 10.8. The van der Waals surface area contributed by atoms with Gasteiger partial charge < -0.3 is 4.74 Å². The van der Waals surface area contributed by atoms with Crippen molar-refractivity contribution in [3.05, 3.63) is 29.3 Å². The summed E-state index contributed by atoms with van der Waals surface area (Å²) in [6.07, 6.45) is -4.97. The van der Waals surface area contributed by atoms with Crippen molar-refractivity contribution >= 4 is 21.7 Å². The summed E-state index contributed by atoms with van der Waals surface area (Å²) < 4.78 is 66.7. The van der Waals surface area contributed by atoms with Gasteiger partial charge in [-0.25, -0.2) is 0 Å². The average Bonchev–Trinajstić information content (AvgIpc) is 2.25. The van der Waals surface area contributed by atoms with E-state index < -0.39 is 40.3 Å². The fourth-order valence-electron chi connectivity index (χ4n) is 1.44. The number of rotatable bonds is 4. The summed E-state index contributed by atoms with van der Waals surface area (Å²) in [7, 11) is 0. The van der Waals surface area contributed by atoms with E-state index in [-0.39, 0.29) is 0 Å². The normalized spacial score (nSPS) is 13.5. The van der Waals surface area contributed by atoms with Gasteiger partial charge in [-0.2, -0.15) is 22.0 Å². The zero-order chi connectivity index (χ0) is 14.8. The van der Waals surface area contributed by atoms with Gasteiger partial charge in [-0.15, -0.1) is 0 Å². The van der Waals surface area contributed by atoms with Gasteiger partial charge in [-0.3, -0.25) is 4.79 Å². The summed E-state index contributed by atoms with van der Waals surface area (Å²) in [6, 6.07) is 2.71. The van der Waals surface area contributed by atoms with E-state index in [2.05, 4.69) is 20.7 Å². The van der Waals surface area contributed by atoms with Gasteiger partial charge in [-0.05, 0) is 13.0 Å². The molecule has 0 saturated carbocycles. The summed E-state index contributed by atoms with van der Waals surface area (Å²) in [5.41, 5.74) is -2.21. The monoisotopic (exact) mass is 346 g/mol. The molecule has 106 valence electrons. The Morgan fingerprint density at radius 1 is 1.32 bits per heavy atom. The van der Waals surface area contributed by atoms with Crippen LogP contribution in [0.1, 0.15) is 22.8 Å². The number of hydrogen-bond donors (Lipinski definition) is 0. The molecule has 0 aliphatic heterocycles. The zero-order valence-electron chi connectivity index (χ0n) is 9.47. The molecule has 0 N–H and O–H groups in total. The molecule has 0 saturated heterocycles. The van der Waals surface area contributed by atoms with E-state index in [1.807, 2.05) is 0 Å². The van der Waals surface area contributed by atoms with Crippen molar-refractivity contribution in [2.75, 3.05) is 0 Å². The highest BCUT2D eigenvalue weighted by Crippen LogP contribution is 2.40. The van der Waals surface area contributed by atoms with Crippen molar-refractivity contribution in [2.45, 2.75) is 24.5 Å². The number of ether oxygens (including phenoxy) is 1. The number of ketones is 1. The molecular weight excluding hydrogens is 339 g/mol. The van der Waals surface area contributed by atoms with E-state index >= 15 is 0 Å². The maximum absolute atomic E-state index is 12.9. The molecule has 0 aromatic heterocycles. The molecule has 19 heavy (non-hydrogen) atoms. The molecule has 1 rings (SSSR count). The number of carbonyl (C=O) groups excluding carboxylic acids is 1. The summed E-state index contributed by atoms with van der Waals surface area (Å²) >= 11 is 2.85. The maximum Gasteiger partial charge on any atom is 0.420 e. The van der Waals surface area contributed by atoms with E-state index in [1.54, 1.807) is 0 Å². The van der Waals surface area contributed by atoms with Crippen molar-refractivity contribution < 1.29 is 31.5 Å². The third kappa shape index (κ3) is 3.89. The van der Waals surface area contributed by atoms with Crippen LogP contribution in [0.4, 0.5) is 22.0 Å². The molecule has 1 atom stereocenters. The highest BCUT2D eigenvalue weighted by atomic mass is 79.9. The van der Waals surface area contributed by atoms with E-state index in [0.29, 0.717) is 0 Å². The number of carbonyl (C=O) groups is 1. The van der Waals surface area contributed by atoms with E-state index in [9.17, 15) is 26.7 Å². The molecule has 1 aromatic carbocycles. The highest BCUT2D eigenvalue weighted by molar-refractivity contribution is 9.10. The second-order valence-corrected chi connectivity index (χ2v) is 4.91. The minimum absolute atomic E-state index is 0.713. The number of hydrogen-bond acceptors (Lipinski definition) is 2. The van der Waals surface area contributed by atoms with Crippen molar-refractivity contribution in [1.82, 2.24) is 0 Å². The Hall–Kier alpha value is -1.18. The fourth-order valence-corrected chi connectivity index (χ4v) is 1.68. The summed E-state index contributed by atoms with van der Waals surface area (Å²) in [6.45, 7) is -2.07. The van der Waals surface area contributed by atoms with Gasteiger partial charge in [0.1, 0.15) is 11.3 Å². The molecule has 0 spiro atoms. The van der Waals surface area contributed by atoms with Gasteiger partial charge in [0.15, 0.2) is 5.78 Å². The molecule has 2 nitrogen and oxygen atoms in total. The lowest BCUT2D eigenvalue weighted by molar-refractivity contribution is -0.142. The quantitative estimate of drug-likeness (QED) is 0.462. The van der Waals surface area contributed by atoms with Gasteiger partial charge in [0.25, 0.3) is 0 Å². The Balaban J connectivity index is 3.43. The van der Waals surface area contributed by atoms with Gasteiger partial charge in [0, 0.05) is 5.56 Å². The lowest BCUT2D eigenvalue weighted by Gasteiger charge is -2.17. The molecule has 8 heteroatoms. The third-order valence-electron chi connectivity index (χ3n) is 2.15. The maximum atomic E-state index is 12.9. The molecule has 0 radical (unpaired) electrons. The van der Waals surface area contributed by atoms with E-state index in [0.717, 1.165) is 18.2 Å². The summed E-state index contributed by atoms with van der Waals surface area (Å²) in [5.74, 6) is -1.94. The van der Waals surface area contributed by atoms with Crippen LogP contribution in [-0.4, -0.2) is 17.2 Å². The second kappa shape index (κ2) is 5.85. The molecule has 0 aliphatic rings. The van der Waals surface area contributed by atoms with Crippen LogP contribution in [0.5, 0.6) is 5.75 Å². The Labute approximate surface area is 113 Å². The Morgan fingerprint density at radius 2 is 1.89 bits per heavy atom. The summed E-state index contributed by atoms with van der Waals surface area (Å²) in [5, 5.41) is 0. The van der Waals surface area contributed by atoms with Gasteiger partial charge in [0.2, 0.25) is 0 Å². The Morgan fingerprint density at radius 3 is 2.32 bits per heavy atom. The molecule has 1 unspecified atom stereocenters. The predicted octanol–water partition coefficient (Wildman–Crippen LogP) is 4.27. The molecular formula is C11H8BrF5O2. The van der Waals surface area contributed by atoms with Crippen LogP contribution in [0.2, 0.25) is 0 Å². The second-order valence-electron chi connectivity index (χ2n) is 3.54. The molecule has 0 amide bonds. The first-order valence-corrected chi connectivity index (χ1v) is 5.89. The van der Waals surface area contributed by atoms with E-state index in [1.165, 1.54) is 6.92 Å². The fraction of sp³-hybridized carbons (Fsp3) is 0.364. The van der Waals surface area contributed by atoms with Crippen molar-refractivity contribution in [1.29, 1.82) is 0 Å². The lowest BCUT2D eigenvalue weighted by Crippen LogP contribution is -2.20. The molecule has 1 aromatic rings. The first kappa shape index (κ1) is 15.9. The molecule has 0 aliphatic carbocycles. The topological polar surface area (TPSA) is 26.3 Å². The smallest absolute Gasteiger partial charge is 0.420 e. The minimum atomic E-state index is -4.97. The van der Waals surface area contributed by atoms with Gasteiger partial charge in [0.05, 0.1) is 4.83 Å². The van der Waals surface area contributed by atoms with Crippen molar-refractivity contribution in [3.63, 3.8) is 0 Å². The van der Waals surface area contributed by atoms with Gasteiger partial charge in [-0.1, -0.05) is 28.1 Å². The Bertz CT molecular complexity index is 471.